The van der Waals surface area contributed by atoms with Gasteiger partial charge in [0, 0.05) is 20.4 Å². The Morgan fingerprint density at radius 2 is 1.80 bits per heavy atom. The second-order valence-corrected chi connectivity index (χ2v) is 9.13. The molecule has 1 aromatic heterocycles. The number of halogens is 3. The van der Waals surface area contributed by atoms with Gasteiger partial charge in [0.25, 0.3) is 0 Å². The standard InChI is InChI=1S/C23H14Br2ClNO3/c24-14-6-7-20(18(25)8-14)27-11-17-22-16(9-19(26)23(17)29-12-27)15(10-21(28)30-22)13-4-2-1-3-5-13/h1-10H,11-12H2. The summed E-state index contributed by atoms with van der Waals surface area (Å²) in [6.07, 6.45) is 0. The molecule has 0 bridgehead atoms. The van der Waals surface area contributed by atoms with Gasteiger partial charge in [0.1, 0.15) is 11.3 Å². The van der Waals surface area contributed by atoms with Crippen LogP contribution >= 0.6 is 43.5 Å². The Kier molecular flexibility index (Phi) is 5.09. The second-order valence-electron chi connectivity index (χ2n) is 6.96. The summed E-state index contributed by atoms with van der Waals surface area (Å²) in [6.45, 7) is 0.828. The van der Waals surface area contributed by atoms with Crippen molar-refractivity contribution in [3.8, 4) is 16.9 Å². The molecule has 1 aliphatic rings. The Balaban J connectivity index is 1.70. The van der Waals surface area contributed by atoms with Crippen LogP contribution in [0.5, 0.6) is 5.75 Å². The van der Waals surface area contributed by atoms with E-state index in [9.17, 15) is 4.79 Å². The molecule has 2 heterocycles. The SMILES string of the molecule is O=c1cc(-c2ccccc2)c2cc(Cl)c3c(c2o1)CN(c1ccc(Br)cc1Br)CO3. The Hall–Kier alpha value is -2.28. The van der Waals surface area contributed by atoms with E-state index in [1.165, 1.54) is 6.07 Å². The van der Waals surface area contributed by atoms with Gasteiger partial charge in [-0.3, -0.25) is 0 Å². The molecule has 0 fully saturated rings. The molecule has 0 unspecified atom stereocenters. The van der Waals surface area contributed by atoms with Crippen LogP contribution in [0.3, 0.4) is 0 Å². The van der Waals surface area contributed by atoms with Crippen LogP contribution in [0.15, 0.2) is 78.8 Å². The lowest BCUT2D eigenvalue weighted by atomic mass is 9.99. The van der Waals surface area contributed by atoms with Crippen molar-refractivity contribution in [2.24, 2.45) is 0 Å². The predicted octanol–water partition coefficient (Wildman–Crippen LogP) is 6.99. The van der Waals surface area contributed by atoms with E-state index in [0.29, 0.717) is 29.6 Å². The first kappa shape index (κ1) is 19.7. The van der Waals surface area contributed by atoms with Crippen molar-refractivity contribution in [3.63, 3.8) is 0 Å². The molecular formula is C23H14Br2ClNO3. The summed E-state index contributed by atoms with van der Waals surface area (Å²) >= 11 is 13.7. The molecular weight excluding hydrogens is 534 g/mol. The van der Waals surface area contributed by atoms with Crippen molar-refractivity contribution >= 4 is 60.1 Å². The fourth-order valence-electron chi connectivity index (χ4n) is 3.74. The fraction of sp³-hybridized carbons (Fsp3) is 0.0870. The first-order valence-electron chi connectivity index (χ1n) is 9.19. The van der Waals surface area contributed by atoms with Crippen LogP contribution in [0, 0.1) is 0 Å². The number of hydrogen-bond donors (Lipinski definition) is 0. The molecule has 0 spiro atoms. The highest BCUT2D eigenvalue weighted by Crippen LogP contribution is 2.43. The minimum Gasteiger partial charge on any atom is -0.471 e. The molecule has 4 aromatic rings. The van der Waals surface area contributed by atoms with Crippen molar-refractivity contribution in [2.45, 2.75) is 6.54 Å². The van der Waals surface area contributed by atoms with Crippen molar-refractivity contribution in [1.29, 1.82) is 0 Å². The summed E-state index contributed by atoms with van der Waals surface area (Å²) in [4.78, 5) is 14.5. The second kappa shape index (κ2) is 7.76. The summed E-state index contributed by atoms with van der Waals surface area (Å²) in [5.41, 5.74) is 3.53. The summed E-state index contributed by atoms with van der Waals surface area (Å²) in [5.74, 6) is 0.557. The zero-order valence-electron chi connectivity index (χ0n) is 15.5. The lowest BCUT2D eigenvalue weighted by Crippen LogP contribution is -2.32. The lowest BCUT2D eigenvalue weighted by Gasteiger charge is -2.32. The van der Waals surface area contributed by atoms with E-state index in [4.69, 9.17) is 20.8 Å². The summed E-state index contributed by atoms with van der Waals surface area (Å²) in [6, 6.07) is 19.0. The minimum atomic E-state index is -0.409. The molecule has 150 valence electrons. The number of rotatable bonds is 2. The van der Waals surface area contributed by atoms with Crippen LogP contribution in [0.25, 0.3) is 22.1 Å². The van der Waals surface area contributed by atoms with Crippen molar-refractivity contribution in [2.75, 3.05) is 11.6 Å². The van der Waals surface area contributed by atoms with Gasteiger partial charge >= 0.3 is 5.63 Å². The van der Waals surface area contributed by atoms with Crippen molar-refractivity contribution in [1.82, 2.24) is 0 Å². The van der Waals surface area contributed by atoms with Gasteiger partial charge in [-0.05, 0) is 51.3 Å². The first-order valence-corrected chi connectivity index (χ1v) is 11.1. The van der Waals surface area contributed by atoms with Crippen LogP contribution in [0.2, 0.25) is 5.02 Å². The molecule has 5 rings (SSSR count). The Bertz CT molecular complexity index is 1340. The third-order valence-corrected chi connectivity index (χ3v) is 6.49. The van der Waals surface area contributed by atoms with Gasteiger partial charge in [-0.25, -0.2) is 4.79 Å². The van der Waals surface area contributed by atoms with E-state index in [1.54, 1.807) is 0 Å². The third kappa shape index (κ3) is 3.43. The monoisotopic (exact) mass is 545 g/mol. The number of nitrogens with zero attached hydrogens (tertiary/aromatic N) is 1. The van der Waals surface area contributed by atoms with E-state index in [-0.39, 0.29) is 0 Å². The molecule has 3 aromatic carbocycles. The molecule has 7 heteroatoms. The molecule has 30 heavy (non-hydrogen) atoms. The van der Waals surface area contributed by atoms with E-state index < -0.39 is 5.63 Å². The zero-order valence-corrected chi connectivity index (χ0v) is 19.4. The van der Waals surface area contributed by atoms with Gasteiger partial charge in [0.15, 0.2) is 6.73 Å². The van der Waals surface area contributed by atoms with Crippen molar-refractivity contribution in [3.05, 3.63) is 90.6 Å². The molecule has 0 saturated carbocycles. The largest absolute Gasteiger partial charge is 0.471 e. The van der Waals surface area contributed by atoms with Crippen LogP contribution in [-0.4, -0.2) is 6.73 Å². The average molecular weight is 548 g/mol. The minimum absolute atomic E-state index is 0.334. The van der Waals surface area contributed by atoms with Gasteiger partial charge in [0.05, 0.1) is 22.8 Å². The maximum absolute atomic E-state index is 12.4. The average Bonchev–Trinajstić information content (AvgIpc) is 2.74. The molecule has 0 amide bonds. The van der Waals surface area contributed by atoms with E-state index in [2.05, 4.69) is 36.8 Å². The normalized spacial score (nSPS) is 13.2. The van der Waals surface area contributed by atoms with Gasteiger partial charge in [-0.2, -0.15) is 0 Å². The molecule has 0 saturated heterocycles. The highest BCUT2D eigenvalue weighted by molar-refractivity contribution is 9.11. The van der Waals surface area contributed by atoms with Crippen LogP contribution in [0.1, 0.15) is 5.56 Å². The molecule has 0 aliphatic carbocycles. The number of anilines is 1. The number of benzene rings is 3. The van der Waals surface area contributed by atoms with E-state index in [0.717, 1.165) is 36.7 Å². The van der Waals surface area contributed by atoms with Crippen LogP contribution < -0.4 is 15.3 Å². The van der Waals surface area contributed by atoms with Crippen LogP contribution in [0.4, 0.5) is 5.69 Å². The quantitative estimate of drug-likeness (QED) is 0.254. The maximum Gasteiger partial charge on any atom is 0.336 e. The van der Waals surface area contributed by atoms with Gasteiger partial charge in [-0.15, -0.1) is 0 Å². The predicted molar refractivity (Wildman–Crippen MR) is 126 cm³/mol. The molecule has 0 radical (unpaired) electrons. The molecule has 4 nitrogen and oxygen atoms in total. The highest BCUT2D eigenvalue weighted by Gasteiger charge is 2.26. The van der Waals surface area contributed by atoms with Gasteiger partial charge in [-0.1, -0.05) is 57.9 Å². The summed E-state index contributed by atoms with van der Waals surface area (Å²) in [5, 5.41) is 1.28. The Morgan fingerprint density at radius 3 is 2.57 bits per heavy atom. The maximum atomic E-state index is 12.4. The lowest BCUT2D eigenvalue weighted by molar-refractivity contribution is 0.289. The van der Waals surface area contributed by atoms with E-state index in [1.807, 2.05) is 54.6 Å². The Morgan fingerprint density at radius 1 is 1.00 bits per heavy atom. The summed E-state index contributed by atoms with van der Waals surface area (Å²) < 4.78 is 13.6. The highest BCUT2D eigenvalue weighted by atomic mass is 79.9. The van der Waals surface area contributed by atoms with Gasteiger partial charge < -0.3 is 14.1 Å². The smallest absolute Gasteiger partial charge is 0.336 e. The van der Waals surface area contributed by atoms with E-state index >= 15 is 0 Å². The fourth-order valence-corrected chi connectivity index (χ4v) is 5.31. The third-order valence-electron chi connectivity index (χ3n) is 5.08. The van der Waals surface area contributed by atoms with Crippen LogP contribution in [-0.2, 0) is 6.54 Å². The number of ether oxygens (including phenoxy) is 1. The Labute approximate surface area is 194 Å². The number of fused-ring (bicyclic) bond motifs is 3. The van der Waals surface area contributed by atoms with Crippen molar-refractivity contribution < 1.29 is 9.15 Å². The molecule has 0 N–H and O–H groups in total. The first-order chi connectivity index (χ1) is 14.5. The molecule has 1 aliphatic heterocycles. The zero-order chi connectivity index (χ0) is 20.8. The molecule has 0 atom stereocenters. The topological polar surface area (TPSA) is 42.7 Å². The summed E-state index contributed by atoms with van der Waals surface area (Å²) in [7, 11) is 0. The van der Waals surface area contributed by atoms with Gasteiger partial charge in [0.2, 0.25) is 0 Å². The number of hydrogen-bond acceptors (Lipinski definition) is 4.